The molecular formula is C24H28N2O4. The molecule has 2 rings (SSSR count). The molecule has 0 spiro atoms. The number of benzene rings is 2. The molecule has 2 aromatic carbocycles. The van der Waals surface area contributed by atoms with E-state index in [0.29, 0.717) is 17.1 Å². The van der Waals surface area contributed by atoms with Crippen LogP contribution in [0.25, 0.3) is 0 Å². The molecule has 0 radical (unpaired) electrons. The summed E-state index contributed by atoms with van der Waals surface area (Å²) in [5, 5.41) is 8.54. The lowest BCUT2D eigenvalue weighted by Gasteiger charge is -2.22. The van der Waals surface area contributed by atoms with Crippen molar-refractivity contribution in [2.45, 2.75) is 39.5 Å². The molecule has 2 aromatic rings. The number of carbonyl (C=O) groups is 2. The van der Waals surface area contributed by atoms with E-state index in [9.17, 15) is 9.59 Å². The number of hydrogen-bond acceptors (Lipinski definition) is 6. The molecule has 1 unspecified atom stereocenters. The fourth-order valence-corrected chi connectivity index (χ4v) is 2.82. The minimum Gasteiger partial charge on any atom is -0.496 e. The van der Waals surface area contributed by atoms with Gasteiger partial charge in [-0.3, -0.25) is 9.59 Å². The normalized spacial score (nSPS) is 12.4. The minimum absolute atomic E-state index is 0.0915. The molecule has 0 fully saturated rings. The van der Waals surface area contributed by atoms with E-state index in [1.807, 2.05) is 18.2 Å². The first-order chi connectivity index (χ1) is 14.2. The van der Waals surface area contributed by atoms with Crippen molar-refractivity contribution >= 4 is 23.1 Å². The van der Waals surface area contributed by atoms with Gasteiger partial charge in [0.1, 0.15) is 23.2 Å². The molecule has 0 aromatic heterocycles. The highest BCUT2D eigenvalue weighted by molar-refractivity contribution is 5.98. The fourth-order valence-electron chi connectivity index (χ4n) is 2.82. The number of azo groups is 1. The lowest BCUT2D eigenvalue weighted by Crippen LogP contribution is -2.26. The van der Waals surface area contributed by atoms with Crippen molar-refractivity contribution in [2.24, 2.45) is 16.1 Å². The number of ketones is 1. The second-order valence-corrected chi connectivity index (χ2v) is 7.94. The molecule has 0 bridgehead atoms. The fraction of sp³-hybridized carbons (Fsp3) is 0.333. The minimum atomic E-state index is -0.839. The number of carbonyl (C=O) groups excluding carboxylic acids is 2. The molecule has 0 aliphatic carbocycles. The van der Waals surface area contributed by atoms with E-state index in [0.717, 1.165) is 11.3 Å². The Bertz CT molecular complexity index is 941. The molecule has 0 saturated heterocycles. The zero-order chi connectivity index (χ0) is 22.3. The van der Waals surface area contributed by atoms with E-state index in [2.05, 4.69) is 37.6 Å². The molecule has 1 atom stereocenters. The summed E-state index contributed by atoms with van der Waals surface area (Å²) in [5.74, 6) is -0.528. The molecule has 158 valence electrons. The second-order valence-electron chi connectivity index (χ2n) is 7.94. The molecule has 0 amide bonds. The molecule has 6 nitrogen and oxygen atoms in total. The second kappa shape index (κ2) is 9.96. The summed E-state index contributed by atoms with van der Waals surface area (Å²) in [5.41, 5.74) is 2.27. The van der Waals surface area contributed by atoms with Gasteiger partial charge in [-0.1, -0.05) is 26.8 Å². The number of nitrogens with zero attached hydrogens (tertiary/aromatic N) is 2. The van der Waals surface area contributed by atoms with Crippen molar-refractivity contribution in [1.82, 2.24) is 0 Å². The van der Waals surface area contributed by atoms with Gasteiger partial charge in [0.25, 0.3) is 0 Å². The van der Waals surface area contributed by atoms with Crippen LogP contribution in [0.2, 0.25) is 0 Å². The van der Waals surface area contributed by atoms with E-state index in [-0.39, 0.29) is 17.6 Å². The summed E-state index contributed by atoms with van der Waals surface area (Å²) >= 11 is 0. The first-order valence-corrected chi connectivity index (χ1v) is 9.69. The third kappa shape index (κ3) is 6.11. The third-order valence-electron chi connectivity index (χ3n) is 4.50. The Kier molecular flexibility index (Phi) is 7.64. The molecule has 0 N–H and O–H groups in total. The van der Waals surface area contributed by atoms with E-state index in [1.165, 1.54) is 13.0 Å². The van der Waals surface area contributed by atoms with Crippen LogP contribution in [-0.2, 0) is 15.0 Å². The van der Waals surface area contributed by atoms with Crippen molar-refractivity contribution < 1.29 is 19.1 Å². The van der Waals surface area contributed by atoms with Crippen LogP contribution >= 0.6 is 0 Å². The number of rotatable bonds is 8. The highest BCUT2D eigenvalue weighted by atomic mass is 16.5. The van der Waals surface area contributed by atoms with Crippen LogP contribution in [0.15, 0.2) is 65.3 Å². The van der Waals surface area contributed by atoms with E-state index in [4.69, 9.17) is 9.47 Å². The van der Waals surface area contributed by atoms with Crippen LogP contribution in [-0.4, -0.2) is 18.9 Å². The summed E-state index contributed by atoms with van der Waals surface area (Å²) in [6.45, 7) is 11.3. The van der Waals surface area contributed by atoms with E-state index in [1.54, 1.807) is 31.4 Å². The van der Waals surface area contributed by atoms with Gasteiger partial charge in [-0.15, -0.1) is 6.58 Å². The zero-order valence-corrected chi connectivity index (χ0v) is 18.1. The largest absolute Gasteiger partial charge is 0.496 e. The van der Waals surface area contributed by atoms with E-state index >= 15 is 0 Å². The van der Waals surface area contributed by atoms with Gasteiger partial charge >= 0.3 is 5.97 Å². The Hall–Kier alpha value is -3.28. The first-order valence-electron chi connectivity index (χ1n) is 9.69. The SMILES string of the molecule is C=CCC(C(C)=O)C(=O)Oc1ccc(N=Nc2ccc(OC)c(C(C)(C)C)c2)cc1. The van der Waals surface area contributed by atoms with Crippen molar-refractivity contribution in [2.75, 3.05) is 7.11 Å². The average molecular weight is 408 g/mol. The van der Waals surface area contributed by atoms with Crippen molar-refractivity contribution in [1.29, 1.82) is 0 Å². The quantitative estimate of drug-likeness (QED) is 0.174. The van der Waals surface area contributed by atoms with Crippen LogP contribution in [0.1, 0.15) is 39.7 Å². The summed E-state index contributed by atoms with van der Waals surface area (Å²) in [6.07, 6.45) is 1.78. The Morgan fingerprint density at radius 3 is 2.20 bits per heavy atom. The van der Waals surface area contributed by atoms with Gasteiger partial charge in [0.05, 0.1) is 18.5 Å². The van der Waals surface area contributed by atoms with Gasteiger partial charge in [-0.05, 0) is 61.2 Å². The molecule has 0 heterocycles. The van der Waals surface area contributed by atoms with Crippen molar-refractivity contribution in [3.05, 3.63) is 60.7 Å². The van der Waals surface area contributed by atoms with Gasteiger partial charge in [0, 0.05) is 5.56 Å². The van der Waals surface area contributed by atoms with Crippen LogP contribution in [0, 0.1) is 5.92 Å². The van der Waals surface area contributed by atoms with Crippen molar-refractivity contribution in [3.63, 3.8) is 0 Å². The topological polar surface area (TPSA) is 77.3 Å². The lowest BCUT2D eigenvalue weighted by molar-refractivity contribution is -0.143. The molecule has 0 aliphatic rings. The summed E-state index contributed by atoms with van der Waals surface area (Å²) in [6, 6.07) is 12.3. The maximum atomic E-state index is 12.2. The Balaban J connectivity index is 2.12. The number of hydrogen-bond donors (Lipinski definition) is 0. The predicted molar refractivity (Wildman–Crippen MR) is 117 cm³/mol. The molecular weight excluding hydrogens is 380 g/mol. The highest BCUT2D eigenvalue weighted by Gasteiger charge is 2.24. The smallest absolute Gasteiger partial charge is 0.322 e. The Labute approximate surface area is 177 Å². The van der Waals surface area contributed by atoms with Gasteiger partial charge in [0.15, 0.2) is 0 Å². The van der Waals surface area contributed by atoms with E-state index < -0.39 is 11.9 Å². The van der Waals surface area contributed by atoms with Gasteiger partial charge in [0.2, 0.25) is 0 Å². The Morgan fingerprint density at radius 2 is 1.67 bits per heavy atom. The average Bonchev–Trinajstić information content (AvgIpc) is 2.70. The number of methoxy groups -OCH3 is 1. The van der Waals surface area contributed by atoms with Gasteiger partial charge in [-0.2, -0.15) is 10.2 Å². The highest BCUT2D eigenvalue weighted by Crippen LogP contribution is 2.34. The van der Waals surface area contributed by atoms with Gasteiger partial charge < -0.3 is 9.47 Å². The first kappa shape index (κ1) is 23.0. The van der Waals surface area contributed by atoms with Gasteiger partial charge in [-0.25, -0.2) is 0 Å². The predicted octanol–water partition coefficient (Wildman–Crippen LogP) is 6.09. The number of Topliss-reactive ketones (excluding diaryl/α,β-unsaturated/α-hetero) is 1. The Morgan fingerprint density at radius 1 is 1.07 bits per heavy atom. The summed E-state index contributed by atoms with van der Waals surface area (Å²) in [4.78, 5) is 23.7. The van der Waals surface area contributed by atoms with Crippen LogP contribution in [0.5, 0.6) is 11.5 Å². The summed E-state index contributed by atoms with van der Waals surface area (Å²) in [7, 11) is 1.65. The third-order valence-corrected chi connectivity index (χ3v) is 4.50. The number of allylic oxidation sites excluding steroid dienone is 1. The maximum absolute atomic E-state index is 12.2. The monoisotopic (exact) mass is 408 g/mol. The van der Waals surface area contributed by atoms with Crippen LogP contribution in [0.3, 0.4) is 0 Å². The number of ether oxygens (including phenoxy) is 2. The zero-order valence-electron chi connectivity index (χ0n) is 18.1. The molecule has 0 aliphatic heterocycles. The molecule has 0 saturated carbocycles. The number of esters is 1. The standard InChI is InChI=1S/C24H28N2O4/c1-7-8-20(16(2)27)23(28)30-19-12-9-17(10-13-19)25-26-18-11-14-22(29-6)21(15-18)24(3,4)5/h7,9-15,20H,1,8H2,2-6H3. The van der Waals surface area contributed by atoms with Crippen molar-refractivity contribution in [3.8, 4) is 11.5 Å². The van der Waals surface area contributed by atoms with Crippen LogP contribution < -0.4 is 9.47 Å². The summed E-state index contributed by atoms with van der Waals surface area (Å²) < 4.78 is 10.7. The maximum Gasteiger partial charge on any atom is 0.322 e. The van der Waals surface area contributed by atoms with Crippen LogP contribution in [0.4, 0.5) is 11.4 Å². The lowest BCUT2D eigenvalue weighted by atomic mass is 9.86. The molecule has 6 heteroatoms. The molecule has 30 heavy (non-hydrogen) atoms.